The Morgan fingerprint density at radius 1 is 1.28 bits per heavy atom. The number of carbonyl (C=O) groups excluding carboxylic acids is 1. The number of nitrogens with zero attached hydrogens (tertiary/aromatic N) is 1. The van der Waals surface area contributed by atoms with Crippen LogP contribution in [0.15, 0.2) is 48.8 Å². The van der Waals surface area contributed by atoms with Gasteiger partial charge in [0.15, 0.2) is 0 Å². The number of benzene rings is 1. The van der Waals surface area contributed by atoms with E-state index in [-0.39, 0.29) is 23.3 Å². The Hall–Kier alpha value is -2.36. The van der Waals surface area contributed by atoms with E-state index in [4.69, 9.17) is 0 Å². The van der Waals surface area contributed by atoms with Crippen molar-refractivity contribution in [3.05, 3.63) is 59.9 Å². The van der Waals surface area contributed by atoms with Gasteiger partial charge >= 0.3 is 0 Å². The average molecular weight is 242 g/mol. The molecule has 1 aromatic heterocycles. The molecule has 0 aliphatic heterocycles. The second-order valence-corrected chi connectivity index (χ2v) is 4.00. The van der Waals surface area contributed by atoms with Crippen LogP contribution in [0.5, 0.6) is 5.75 Å². The zero-order chi connectivity index (χ0) is 13.0. The molecule has 1 unspecified atom stereocenters. The Morgan fingerprint density at radius 2 is 2.00 bits per heavy atom. The van der Waals surface area contributed by atoms with Gasteiger partial charge in [0.2, 0.25) is 0 Å². The molecule has 2 rings (SSSR count). The lowest BCUT2D eigenvalue weighted by Crippen LogP contribution is -2.26. The van der Waals surface area contributed by atoms with E-state index in [0.717, 1.165) is 5.56 Å². The molecule has 0 saturated carbocycles. The summed E-state index contributed by atoms with van der Waals surface area (Å²) in [6.07, 6.45) is 2.73. The molecule has 0 bridgehead atoms. The molecule has 0 aliphatic rings. The summed E-state index contributed by atoms with van der Waals surface area (Å²) >= 11 is 0. The first-order valence-electron chi connectivity index (χ1n) is 5.67. The van der Waals surface area contributed by atoms with Crippen LogP contribution in [-0.4, -0.2) is 16.0 Å². The Bertz CT molecular complexity index is 541. The van der Waals surface area contributed by atoms with Gasteiger partial charge in [-0.2, -0.15) is 0 Å². The Kier molecular flexibility index (Phi) is 3.57. The van der Waals surface area contributed by atoms with Crippen molar-refractivity contribution in [1.82, 2.24) is 10.3 Å². The van der Waals surface area contributed by atoms with Crippen molar-refractivity contribution in [2.45, 2.75) is 13.0 Å². The van der Waals surface area contributed by atoms with Crippen LogP contribution in [0.4, 0.5) is 0 Å². The van der Waals surface area contributed by atoms with Gasteiger partial charge in [-0.3, -0.25) is 9.78 Å². The zero-order valence-electron chi connectivity index (χ0n) is 10.00. The summed E-state index contributed by atoms with van der Waals surface area (Å²) in [6, 6.07) is 11.0. The molecule has 1 heterocycles. The van der Waals surface area contributed by atoms with Crippen LogP contribution >= 0.6 is 0 Å². The van der Waals surface area contributed by atoms with E-state index in [1.165, 1.54) is 18.5 Å². The van der Waals surface area contributed by atoms with E-state index in [2.05, 4.69) is 10.3 Å². The summed E-state index contributed by atoms with van der Waals surface area (Å²) in [5.41, 5.74) is 1.24. The molecular formula is C14H14N2O2. The molecule has 2 N–H and O–H groups in total. The number of hydrogen-bond acceptors (Lipinski definition) is 3. The first-order valence-corrected chi connectivity index (χ1v) is 5.67. The van der Waals surface area contributed by atoms with Crippen molar-refractivity contribution >= 4 is 5.91 Å². The third-order valence-electron chi connectivity index (χ3n) is 2.69. The minimum absolute atomic E-state index is 0.115. The third-order valence-corrected chi connectivity index (χ3v) is 2.69. The van der Waals surface area contributed by atoms with Gasteiger partial charge in [-0.15, -0.1) is 0 Å². The number of nitrogens with one attached hydrogen (secondary N) is 1. The van der Waals surface area contributed by atoms with E-state index in [9.17, 15) is 9.90 Å². The number of aromatic nitrogens is 1. The van der Waals surface area contributed by atoms with Gasteiger partial charge in [0.1, 0.15) is 5.75 Å². The second kappa shape index (κ2) is 5.31. The molecule has 0 saturated heterocycles. The lowest BCUT2D eigenvalue weighted by Gasteiger charge is -2.14. The van der Waals surface area contributed by atoms with Crippen molar-refractivity contribution in [2.75, 3.05) is 0 Å². The van der Waals surface area contributed by atoms with Crippen LogP contribution in [-0.2, 0) is 0 Å². The zero-order valence-corrected chi connectivity index (χ0v) is 10.00. The molecule has 1 amide bonds. The van der Waals surface area contributed by atoms with Crippen LogP contribution in [0.25, 0.3) is 0 Å². The van der Waals surface area contributed by atoms with Crippen LogP contribution in [0.2, 0.25) is 0 Å². The molecule has 1 atom stereocenters. The van der Waals surface area contributed by atoms with Crippen molar-refractivity contribution < 1.29 is 9.90 Å². The lowest BCUT2D eigenvalue weighted by molar-refractivity contribution is 0.0937. The molecule has 92 valence electrons. The minimum atomic E-state index is -0.314. The molecule has 4 heteroatoms. The highest BCUT2D eigenvalue weighted by Gasteiger charge is 2.14. The van der Waals surface area contributed by atoms with Gasteiger partial charge in [0.05, 0.1) is 17.8 Å². The van der Waals surface area contributed by atoms with Crippen molar-refractivity contribution in [2.24, 2.45) is 0 Å². The smallest absolute Gasteiger partial charge is 0.255 e. The fourth-order valence-corrected chi connectivity index (χ4v) is 1.68. The van der Waals surface area contributed by atoms with E-state index in [1.54, 1.807) is 0 Å². The monoisotopic (exact) mass is 242 g/mol. The largest absolute Gasteiger partial charge is 0.505 e. The maximum absolute atomic E-state index is 12.0. The van der Waals surface area contributed by atoms with Gasteiger partial charge < -0.3 is 10.4 Å². The molecule has 0 fully saturated rings. The predicted molar refractivity (Wildman–Crippen MR) is 68.2 cm³/mol. The highest BCUT2D eigenvalue weighted by atomic mass is 16.3. The molecule has 18 heavy (non-hydrogen) atoms. The summed E-state index contributed by atoms with van der Waals surface area (Å²) < 4.78 is 0. The molecular weight excluding hydrogens is 228 g/mol. The van der Waals surface area contributed by atoms with E-state index >= 15 is 0 Å². The predicted octanol–water partition coefficient (Wildman–Crippen LogP) is 2.28. The molecule has 0 aliphatic carbocycles. The van der Waals surface area contributed by atoms with Crippen molar-refractivity contribution in [3.63, 3.8) is 0 Å². The minimum Gasteiger partial charge on any atom is -0.505 e. The first kappa shape index (κ1) is 12.1. The van der Waals surface area contributed by atoms with Gasteiger partial charge in [0, 0.05) is 6.20 Å². The van der Waals surface area contributed by atoms with Crippen molar-refractivity contribution in [1.29, 1.82) is 0 Å². The Morgan fingerprint density at radius 3 is 2.67 bits per heavy atom. The van der Waals surface area contributed by atoms with Gasteiger partial charge in [-0.05, 0) is 18.6 Å². The summed E-state index contributed by atoms with van der Waals surface area (Å²) in [4.78, 5) is 15.7. The summed E-state index contributed by atoms with van der Waals surface area (Å²) in [6.45, 7) is 1.89. The SMILES string of the molecule is CC(NC(=O)c1ccncc1O)c1ccccc1. The van der Waals surface area contributed by atoms with Gasteiger partial charge in [0.25, 0.3) is 5.91 Å². The Labute approximate surface area is 105 Å². The maximum Gasteiger partial charge on any atom is 0.255 e. The highest BCUT2D eigenvalue weighted by molar-refractivity contribution is 5.96. The number of carbonyl (C=O) groups is 1. The maximum atomic E-state index is 12.0. The summed E-state index contributed by atoms with van der Waals surface area (Å²) in [5.74, 6) is -0.429. The summed E-state index contributed by atoms with van der Waals surface area (Å²) in [5, 5.41) is 12.4. The normalized spacial score (nSPS) is 11.8. The van der Waals surface area contributed by atoms with E-state index in [0.29, 0.717) is 0 Å². The van der Waals surface area contributed by atoms with Crippen LogP contribution < -0.4 is 5.32 Å². The molecule has 0 spiro atoms. The number of hydrogen-bond donors (Lipinski definition) is 2. The fraction of sp³-hybridized carbons (Fsp3) is 0.143. The second-order valence-electron chi connectivity index (χ2n) is 4.00. The quantitative estimate of drug-likeness (QED) is 0.868. The molecule has 0 radical (unpaired) electrons. The van der Waals surface area contributed by atoms with Gasteiger partial charge in [-0.25, -0.2) is 0 Å². The summed E-state index contributed by atoms with van der Waals surface area (Å²) in [7, 11) is 0. The van der Waals surface area contributed by atoms with Crippen LogP contribution in [0, 0.1) is 0 Å². The van der Waals surface area contributed by atoms with E-state index in [1.807, 2.05) is 37.3 Å². The first-order chi connectivity index (χ1) is 8.68. The molecule has 4 nitrogen and oxygen atoms in total. The lowest BCUT2D eigenvalue weighted by atomic mass is 10.1. The number of amides is 1. The standard InChI is InChI=1S/C14H14N2O2/c1-10(11-5-3-2-4-6-11)16-14(18)12-7-8-15-9-13(12)17/h2-10,17H,1H3,(H,16,18). The molecule has 1 aromatic carbocycles. The van der Waals surface area contributed by atoms with Crippen LogP contribution in [0.1, 0.15) is 28.9 Å². The highest BCUT2D eigenvalue weighted by Crippen LogP contribution is 2.16. The van der Waals surface area contributed by atoms with Crippen molar-refractivity contribution in [3.8, 4) is 5.75 Å². The molecule has 2 aromatic rings. The topological polar surface area (TPSA) is 62.2 Å². The van der Waals surface area contributed by atoms with Crippen LogP contribution in [0.3, 0.4) is 0 Å². The average Bonchev–Trinajstić information content (AvgIpc) is 2.40. The Balaban J connectivity index is 2.11. The number of rotatable bonds is 3. The number of aromatic hydroxyl groups is 1. The third kappa shape index (κ3) is 2.66. The van der Waals surface area contributed by atoms with E-state index < -0.39 is 0 Å². The fourth-order valence-electron chi connectivity index (χ4n) is 1.68. The number of pyridine rings is 1. The van der Waals surface area contributed by atoms with Gasteiger partial charge in [-0.1, -0.05) is 30.3 Å².